The first-order chi connectivity index (χ1) is 8.54. The van der Waals surface area contributed by atoms with Gasteiger partial charge in [-0.05, 0) is 31.4 Å². The minimum atomic E-state index is -0.388. The monoisotopic (exact) mass is 251 g/mol. The van der Waals surface area contributed by atoms with Crippen molar-refractivity contribution in [1.29, 1.82) is 0 Å². The highest BCUT2D eigenvalue weighted by molar-refractivity contribution is 5.81. The lowest BCUT2D eigenvalue weighted by Crippen LogP contribution is -2.29. The van der Waals surface area contributed by atoms with Crippen LogP contribution in [-0.2, 0) is 4.79 Å². The molecule has 0 heterocycles. The molecule has 1 aromatic rings. The van der Waals surface area contributed by atoms with Crippen LogP contribution in [0.25, 0.3) is 0 Å². The van der Waals surface area contributed by atoms with Gasteiger partial charge >= 0.3 is 0 Å². The van der Waals surface area contributed by atoms with Crippen LogP contribution in [0, 0.1) is 17.7 Å². The van der Waals surface area contributed by atoms with E-state index in [1.54, 1.807) is 19.1 Å². The van der Waals surface area contributed by atoms with Crippen molar-refractivity contribution in [2.75, 3.05) is 7.11 Å². The van der Waals surface area contributed by atoms with E-state index in [1.165, 1.54) is 13.2 Å². The second kappa shape index (κ2) is 4.96. The van der Waals surface area contributed by atoms with E-state index < -0.39 is 0 Å². The van der Waals surface area contributed by atoms with E-state index in [9.17, 15) is 9.18 Å². The number of halogens is 1. The van der Waals surface area contributed by atoms with Crippen LogP contribution in [0.1, 0.15) is 31.9 Å². The lowest BCUT2D eigenvalue weighted by atomic mass is 10.1. The van der Waals surface area contributed by atoms with E-state index in [2.05, 4.69) is 5.32 Å². The molecule has 1 aromatic carbocycles. The first-order valence-corrected chi connectivity index (χ1v) is 6.17. The Labute approximate surface area is 106 Å². The maximum absolute atomic E-state index is 13.8. The van der Waals surface area contributed by atoms with Crippen molar-refractivity contribution in [2.45, 2.75) is 26.3 Å². The Balaban J connectivity index is 2.13. The minimum Gasteiger partial charge on any atom is -0.496 e. The molecule has 3 atom stereocenters. The highest BCUT2D eigenvalue weighted by Crippen LogP contribution is 2.38. The molecule has 98 valence electrons. The number of carbonyl (C=O) groups is 1. The quantitative estimate of drug-likeness (QED) is 0.893. The molecule has 2 rings (SSSR count). The Hall–Kier alpha value is -1.58. The van der Waals surface area contributed by atoms with Crippen LogP contribution < -0.4 is 10.1 Å². The van der Waals surface area contributed by atoms with Gasteiger partial charge in [0.05, 0.1) is 18.7 Å². The number of hydrogen-bond donors (Lipinski definition) is 1. The van der Waals surface area contributed by atoms with Crippen LogP contribution >= 0.6 is 0 Å². The second-order valence-corrected chi connectivity index (χ2v) is 4.91. The van der Waals surface area contributed by atoms with Gasteiger partial charge in [-0.3, -0.25) is 4.79 Å². The zero-order valence-corrected chi connectivity index (χ0v) is 10.9. The number of nitrogens with one attached hydrogen (secondary N) is 1. The van der Waals surface area contributed by atoms with E-state index in [4.69, 9.17) is 4.74 Å². The molecule has 0 aliphatic heterocycles. The number of hydrogen-bond acceptors (Lipinski definition) is 2. The van der Waals surface area contributed by atoms with Crippen molar-refractivity contribution in [3.8, 4) is 5.75 Å². The number of rotatable bonds is 4. The maximum atomic E-state index is 13.8. The van der Waals surface area contributed by atoms with Gasteiger partial charge < -0.3 is 10.1 Å². The number of amides is 1. The summed E-state index contributed by atoms with van der Waals surface area (Å²) >= 11 is 0. The molecule has 1 aliphatic rings. The molecule has 0 spiro atoms. The lowest BCUT2D eigenvalue weighted by molar-refractivity contribution is -0.123. The first-order valence-electron chi connectivity index (χ1n) is 6.17. The molecular weight excluding hydrogens is 233 g/mol. The lowest BCUT2D eigenvalue weighted by Gasteiger charge is -2.18. The second-order valence-electron chi connectivity index (χ2n) is 4.91. The molecule has 0 bridgehead atoms. The van der Waals surface area contributed by atoms with Crippen molar-refractivity contribution in [3.63, 3.8) is 0 Å². The molecule has 1 saturated carbocycles. The van der Waals surface area contributed by atoms with Crippen LogP contribution in [-0.4, -0.2) is 13.0 Å². The Bertz CT molecular complexity index is 461. The molecule has 0 saturated heterocycles. The van der Waals surface area contributed by atoms with Gasteiger partial charge in [0.2, 0.25) is 5.91 Å². The summed E-state index contributed by atoms with van der Waals surface area (Å²) in [5.74, 6) is 0.642. The zero-order chi connectivity index (χ0) is 13.3. The van der Waals surface area contributed by atoms with E-state index in [0.29, 0.717) is 17.2 Å². The van der Waals surface area contributed by atoms with Gasteiger partial charge in [0.15, 0.2) is 0 Å². The smallest absolute Gasteiger partial charge is 0.223 e. The molecule has 3 nitrogen and oxygen atoms in total. The fourth-order valence-electron chi connectivity index (χ4n) is 2.20. The minimum absolute atomic E-state index is 0.000283. The molecule has 4 heteroatoms. The molecular formula is C14H18FNO2. The third kappa shape index (κ3) is 2.47. The zero-order valence-electron chi connectivity index (χ0n) is 10.9. The summed E-state index contributed by atoms with van der Waals surface area (Å²) in [7, 11) is 1.50. The summed E-state index contributed by atoms with van der Waals surface area (Å²) in [6, 6.07) is 4.28. The van der Waals surface area contributed by atoms with Crippen molar-refractivity contribution in [2.24, 2.45) is 11.8 Å². The van der Waals surface area contributed by atoms with Gasteiger partial charge in [-0.25, -0.2) is 4.39 Å². The SMILES string of the molecule is COc1cccc(F)c1[C@H](C)NC(=O)[C@@H]1C[C@@H]1C. The summed E-state index contributed by atoms with van der Waals surface area (Å²) in [5, 5.41) is 2.85. The predicted octanol–water partition coefficient (Wildman–Crippen LogP) is 2.67. The van der Waals surface area contributed by atoms with Crippen LogP contribution in [0.5, 0.6) is 5.75 Å². The van der Waals surface area contributed by atoms with Crippen LogP contribution in [0.3, 0.4) is 0 Å². The molecule has 0 unspecified atom stereocenters. The predicted molar refractivity (Wildman–Crippen MR) is 66.8 cm³/mol. The van der Waals surface area contributed by atoms with E-state index >= 15 is 0 Å². The Morgan fingerprint density at radius 3 is 2.78 bits per heavy atom. The van der Waals surface area contributed by atoms with Crippen molar-refractivity contribution >= 4 is 5.91 Å². The summed E-state index contributed by atoms with van der Waals surface area (Å²) in [5.41, 5.74) is 0.404. The average Bonchev–Trinajstić information content (AvgIpc) is 3.05. The molecule has 0 radical (unpaired) electrons. The molecule has 1 fully saturated rings. The first kappa shape index (κ1) is 12.9. The van der Waals surface area contributed by atoms with Gasteiger partial charge in [-0.15, -0.1) is 0 Å². The third-order valence-electron chi connectivity index (χ3n) is 3.47. The van der Waals surface area contributed by atoms with Gasteiger partial charge in [0.25, 0.3) is 0 Å². The summed E-state index contributed by atoms with van der Waals surface area (Å²) in [6.07, 6.45) is 0.924. The van der Waals surface area contributed by atoms with Crippen LogP contribution in [0.15, 0.2) is 18.2 Å². The largest absolute Gasteiger partial charge is 0.496 e. The molecule has 0 aromatic heterocycles. The highest BCUT2D eigenvalue weighted by atomic mass is 19.1. The van der Waals surface area contributed by atoms with Crippen molar-refractivity contribution in [1.82, 2.24) is 5.32 Å². The Morgan fingerprint density at radius 2 is 2.22 bits per heavy atom. The summed E-state index contributed by atoms with van der Waals surface area (Å²) < 4.78 is 18.9. The van der Waals surface area contributed by atoms with E-state index in [0.717, 1.165) is 6.42 Å². The standard InChI is InChI=1S/C14H18FNO2/c1-8-7-10(8)14(17)16-9(2)13-11(15)5-4-6-12(13)18-3/h4-6,8-10H,7H2,1-3H3,(H,16,17)/t8-,9-,10+/m0/s1. The van der Waals surface area contributed by atoms with Crippen molar-refractivity contribution in [3.05, 3.63) is 29.6 Å². The van der Waals surface area contributed by atoms with Gasteiger partial charge in [-0.2, -0.15) is 0 Å². The maximum Gasteiger partial charge on any atom is 0.223 e. The average molecular weight is 251 g/mol. The normalized spacial score (nSPS) is 23.3. The molecule has 1 N–H and O–H groups in total. The van der Waals surface area contributed by atoms with Crippen LogP contribution in [0.2, 0.25) is 0 Å². The molecule has 1 aliphatic carbocycles. The third-order valence-corrected chi connectivity index (χ3v) is 3.47. The topological polar surface area (TPSA) is 38.3 Å². The number of methoxy groups -OCH3 is 1. The summed E-state index contributed by atoms with van der Waals surface area (Å²) in [6.45, 7) is 3.81. The number of benzene rings is 1. The van der Waals surface area contributed by atoms with E-state index in [-0.39, 0.29) is 23.7 Å². The Morgan fingerprint density at radius 1 is 1.56 bits per heavy atom. The van der Waals surface area contributed by atoms with Gasteiger partial charge in [0.1, 0.15) is 11.6 Å². The summed E-state index contributed by atoms with van der Waals surface area (Å²) in [4.78, 5) is 11.8. The molecule has 1 amide bonds. The van der Waals surface area contributed by atoms with E-state index in [1.807, 2.05) is 6.92 Å². The number of ether oxygens (including phenoxy) is 1. The van der Waals surface area contributed by atoms with Gasteiger partial charge in [-0.1, -0.05) is 13.0 Å². The fourth-order valence-corrected chi connectivity index (χ4v) is 2.20. The Kier molecular flexibility index (Phi) is 3.55. The van der Waals surface area contributed by atoms with Crippen LogP contribution in [0.4, 0.5) is 4.39 Å². The van der Waals surface area contributed by atoms with Crippen molar-refractivity contribution < 1.29 is 13.9 Å². The highest BCUT2D eigenvalue weighted by Gasteiger charge is 2.39. The number of carbonyl (C=O) groups excluding carboxylic acids is 1. The van der Waals surface area contributed by atoms with Gasteiger partial charge in [0, 0.05) is 5.92 Å². The fraction of sp³-hybridized carbons (Fsp3) is 0.500. The molecule has 18 heavy (non-hydrogen) atoms.